The van der Waals surface area contributed by atoms with Gasteiger partial charge in [0, 0.05) is 24.8 Å². The summed E-state index contributed by atoms with van der Waals surface area (Å²) < 4.78 is 43.5. The predicted molar refractivity (Wildman–Crippen MR) is 92.7 cm³/mol. The standard InChI is InChI=1S/C19H17F3N4O2/c20-19(21,22)13-6-4-12(5-7-13)17-24-18(28-25-17)16-9-15(27)11-26(16)10-14-3-1-2-8-23-14/h1-8,15-16,27H,9-11H2/t15-,16+/m1/s1. The molecule has 0 bridgehead atoms. The lowest BCUT2D eigenvalue weighted by Crippen LogP contribution is -2.25. The Hall–Kier alpha value is -2.78. The fourth-order valence-corrected chi connectivity index (χ4v) is 3.31. The average Bonchev–Trinajstić information content (AvgIpc) is 3.29. The zero-order valence-corrected chi connectivity index (χ0v) is 14.7. The molecule has 4 rings (SSSR count). The van der Waals surface area contributed by atoms with E-state index in [0.29, 0.717) is 31.0 Å². The lowest BCUT2D eigenvalue weighted by Gasteiger charge is -2.20. The summed E-state index contributed by atoms with van der Waals surface area (Å²) in [6, 6.07) is 9.92. The van der Waals surface area contributed by atoms with Crippen molar-refractivity contribution >= 4 is 0 Å². The number of halogens is 3. The van der Waals surface area contributed by atoms with Crippen LogP contribution in [0, 0.1) is 0 Å². The lowest BCUT2D eigenvalue weighted by molar-refractivity contribution is -0.137. The second-order valence-corrected chi connectivity index (χ2v) is 6.69. The van der Waals surface area contributed by atoms with Gasteiger partial charge in [0.05, 0.1) is 23.4 Å². The van der Waals surface area contributed by atoms with Gasteiger partial charge in [-0.3, -0.25) is 9.88 Å². The van der Waals surface area contributed by atoms with Crippen molar-refractivity contribution < 1.29 is 22.8 Å². The molecule has 2 atom stereocenters. The topological polar surface area (TPSA) is 75.3 Å². The number of benzene rings is 1. The quantitative estimate of drug-likeness (QED) is 0.735. The van der Waals surface area contributed by atoms with Crippen molar-refractivity contribution in [2.24, 2.45) is 0 Å². The van der Waals surface area contributed by atoms with Gasteiger partial charge in [-0.2, -0.15) is 18.2 Å². The highest BCUT2D eigenvalue weighted by Crippen LogP contribution is 2.34. The van der Waals surface area contributed by atoms with Crippen LogP contribution >= 0.6 is 0 Å². The number of alkyl halides is 3. The van der Waals surface area contributed by atoms with Crippen molar-refractivity contribution in [3.8, 4) is 11.4 Å². The molecule has 28 heavy (non-hydrogen) atoms. The van der Waals surface area contributed by atoms with Crippen LogP contribution in [0.2, 0.25) is 0 Å². The van der Waals surface area contributed by atoms with Gasteiger partial charge >= 0.3 is 6.18 Å². The first-order chi connectivity index (χ1) is 13.4. The Morgan fingerprint density at radius 3 is 2.61 bits per heavy atom. The van der Waals surface area contributed by atoms with E-state index in [4.69, 9.17) is 4.52 Å². The van der Waals surface area contributed by atoms with Crippen molar-refractivity contribution in [1.29, 1.82) is 0 Å². The maximum atomic E-state index is 12.7. The van der Waals surface area contributed by atoms with E-state index in [1.165, 1.54) is 12.1 Å². The minimum Gasteiger partial charge on any atom is -0.392 e. The molecule has 3 aromatic rings. The van der Waals surface area contributed by atoms with Gasteiger partial charge in [-0.15, -0.1) is 0 Å². The number of pyridine rings is 1. The molecular formula is C19H17F3N4O2. The van der Waals surface area contributed by atoms with Crippen LogP contribution in [0.25, 0.3) is 11.4 Å². The third-order valence-electron chi connectivity index (χ3n) is 4.67. The molecule has 1 aliphatic rings. The van der Waals surface area contributed by atoms with Crippen LogP contribution in [0.15, 0.2) is 53.2 Å². The number of rotatable bonds is 4. The van der Waals surface area contributed by atoms with E-state index in [1.807, 2.05) is 23.1 Å². The molecule has 0 spiro atoms. The Bertz CT molecular complexity index is 928. The van der Waals surface area contributed by atoms with Gasteiger partial charge in [0.25, 0.3) is 0 Å². The highest BCUT2D eigenvalue weighted by atomic mass is 19.4. The molecule has 1 N–H and O–H groups in total. The van der Waals surface area contributed by atoms with E-state index >= 15 is 0 Å². The second kappa shape index (κ2) is 7.33. The van der Waals surface area contributed by atoms with Crippen LogP contribution in [0.1, 0.15) is 29.6 Å². The summed E-state index contributed by atoms with van der Waals surface area (Å²) in [4.78, 5) is 10.6. The van der Waals surface area contributed by atoms with E-state index in [0.717, 1.165) is 17.8 Å². The van der Waals surface area contributed by atoms with Crippen molar-refractivity contribution in [1.82, 2.24) is 20.0 Å². The van der Waals surface area contributed by atoms with E-state index in [2.05, 4.69) is 15.1 Å². The number of hydrogen-bond acceptors (Lipinski definition) is 6. The minimum absolute atomic E-state index is 0.211. The predicted octanol–water partition coefficient (Wildman–Crippen LogP) is 3.46. The number of nitrogens with zero attached hydrogens (tertiary/aromatic N) is 4. The largest absolute Gasteiger partial charge is 0.416 e. The van der Waals surface area contributed by atoms with E-state index in [1.54, 1.807) is 6.20 Å². The average molecular weight is 390 g/mol. The molecule has 1 saturated heterocycles. The van der Waals surface area contributed by atoms with Crippen LogP contribution < -0.4 is 0 Å². The summed E-state index contributed by atoms with van der Waals surface area (Å²) in [5, 5.41) is 14.0. The lowest BCUT2D eigenvalue weighted by atomic mass is 10.1. The van der Waals surface area contributed by atoms with Crippen molar-refractivity contribution in [2.75, 3.05) is 6.54 Å². The zero-order valence-electron chi connectivity index (χ0n) is 14.7. The monoisotopic (exact) mass is 390 g/mol. The van der Waals surface area contributed by atoms with Crippen LogP contribution in [0.4, 0.5) is 13.2 Å². The van der Waals surface area contributed by atoms with Gasteiger partial charge in [-0.1, -0.05) is 23.4 Å². The molecule has 1 aliphatic heterocycles. The summed E-state index contributed by atoms with van der Waals surface area (Å²) in [5.41, 5.74) is 0.544. The fourth-order valence-electron chi connectivity index (χ4n) is 3.31. The maximum Gasteiger partial charge on any atom is 0.416 e. The number of aliphatic hydroxyl groups is 1. The van der Waals surface area contributed by atoms with Crippen molar-refractivity contribution in [3.63, 3.8) is 0 Å². The Kier molecular flexibility index (Phi) is 4.86. The molecule has 0 saturated carbocycles. The second-order valence-electron chi connectivity index (χ2n) is 6.69. The van der Waals surface area contributed by atoms with Gasteiger partial charge in [0.1, 0.15) is 0 Å². The van der Waals surface area contributed by atoms with E-state index in [-0.39, 0.29) is 11.9 Å². The molecule has 0 aliphatic carbocycles. The highest BCUT2D eigenvalue weighted by molar-refractivity contribution is 5.54. The van der Waals surface area contributed by atoms with Gasteiger partial charge < -0.3 is 9.63 Å². The minimum atomic E-state index is -4.40. The molecule has 9 heteroatoms. The molecule has 0 unspecified atom stereocenters. The summed E-state index contributed by atoms with van der Waals surface area (Å²) in [6.45, 7) is 0.958. The molecule has 146 valence electrons. The third-order valence-corrected chi connectivity index (χ3v) is 4.67. The van der Waals surface area contributed by atoms with Crippen molar-refractivity contribution in [2.45, 2.75) is 31.3 Å². The highest BCUT2D eigenvalue weighted by Gasteiger charge is 2.36. The first-order valence-electron chi connectivity index (χ1n) is 8.73. The van der Waals surface area contributed by atoms with Gasteiger partial charge in [-0.25, -0.2) is 0 Å². The SMILES string of the molecule is O[C@@H]1C[C@@H](c2nc(-c3ccc(C(F)(F)F)cc3)no2)N(Cc2ccccn2)C1. The molecule has 2 aromatic heterocycles. The van der Waals surface area contributed by atoms with Gasteiger partial charge in [0.15, 0.2) is 0 Å². The molecule has 3 heterocycles. The van der Waals surface area contributed by atoms with Gasteiger partial charge in [0.2, 0.25) is 11.7 Å². The Labute approximate surface area is 158 Å². The Morgan fingerprint density at radius 1 is 1.14 bits per heavy atom. The Balaban J connectivity index is 1.54. The van der Waals surface area contributed by atoms with E-state index in [9.17, 15) is 18.3 Å². The summed E-state index contributed by atoms with van der Waals surface area (Å²) >= 11 is 0. The molecular weight excluding hydrogens is 373 g/mol. The normalized spacial score (nSPS) is 20.6. The fraction of sp³-hybridized carbons (Fsp3) is 0.316. The maximum absolute atomic E-state index is 12.7. The smallest absolute Gasteiger partial charge is 0.392 e. The van der Waals surface area contributed by atoms with Crippen LogP contribution in [0.3, 0.4) is 0 Å². The summed E-state index contributed by atoms with van der Waals surface area (Å²) in [6.07, 6.45) is -2.80. The number of aromatic nitrogens is 3. The molecule has 0 amide bonds. The third kappa shape index (κ3) is 3.90. The van der Waals surface area contributed by atoms with Crippen LogP contribution in [0.5, 0.6) is 0 Å². The number of hydrogen-bond donors (Lipinski definition) is 1. The summed E-state index contributed by atoms with van der Waals surface area (Å²) in [5.74, 6) is 0.533. The van der Waals surface area contributed by atoms with Crippen molar-refractivity contribution in [3.05, 3.63) is 65.8 Å². The van der Waals surface area contributed by atoms with Crippen LogP contribution in [-0.4, -0.2) is 37.8 Å². The Morgan fingerprint density at radius 2 is 1.93 bits per heavy atom. The number of aliphatic hydroxyl groups excluding tert-OH is 1. The number of likely N-dealkylation sites (tertiary alicyclic amines) is 1. The van der Waals surface area contributed by atoms with Crippen LogP contribution in [-0.2, 0) is 12.7 Å². The molecule has 0 radical (unpaired) electrons. The number of β-amino-alcohol motifs (C(OH)–C–C–N with tert-alkyl or cyclic N) is 1. The zero-order chi connectivity index (χ0) is 19.7. The summed E-state index contributed by atoms with van der Waals surface area (Å²) in [7, 11) is 0. The first-order valence-corrected chi connectivity index (χ1v) is 8.73. The van der Waals surface area contributed by atoms with Gasteiger partial charge in [-0.05, 0) is 30.7 Å². The molecule has 6 nitrogen and oxygen atoms in total. The molecule has 1 fully saturated rings. The van der Waals surface area contributed by atoms with E-state index < -0.39 is 17.8 Å². The molecule has 1 aromatic carbocycles. The first kappa shape index (κ1) is 18.6.